The molecule has 27 heavy (non-hydrogen) atoms. The number of unbranched alkanes of at least 4 members (excludes halogenated alkanes) is 15. The molecule has 0 aromatic rings. The lowest BCUT2D eigenvalue weighted by molar-refractivity contribution is 0.525. The lowest BCUT2D eigenvalue weighted by Gasteiger charge is -2.15. The summed E-state index contributed by atoms with van der Waals surface area (Å²) in [7, 11) is -0.811. The molecule has 0 aliphatic rings. The van der Waals surface area contributed by atoms with E-state index in [-0.39, 0.29) is 12.4 Å². The van der Waals surface area contributed by atoms with Crippen LogP contribution in [0.1, 0.15) is 116 Å². The SMILES string of the molecule is CCCCCCCCCCCCCCCCCCNCCC[Si](C)(C)C.Cl. The molecular formula is C24H54ClNSi. The summed E-state index contributed by atoms with van der Waals surface area (Å²) < 4.78 is 0. The maximum absolute atomic E-state index is 3.63. The van der Waals surface area contributed by atoms with Crippen molar-refractivity contribution in [3.8, 4) is 0 Å². The number of hydrogen-bond donors (Lipinski definition) is 1. The molecule has 0 aliphatic carbocycles. The van der Waals surface area contributed by atoms with Gasteiger partial charge in [-0.15, -0.1) is 12.4 Å². The van der Waals surface area contributed by atoms with Crippen LogP contribution in [0.3, 0.4) is 0 Å². The van der Waals surface area contributed by atoms with E-state index in [1.807, 2.05) is 0 Å². The highest BCUT2D eigenvalue weighted by molar-refractivity contribution is 6.76. The molecule has 0 aromatic carbocycles. The zero-order valence-corrected chi connectivity index (χ0v) is 21.4. The molecule has 0 fully saturated rings. The van der Waals surface area contributed by atoms with Crippen molar-refractivity contribution in [1.29, 1.82) is 0 Å². The highest BCUT2D eigenvalue weighted by atomic mass is 35.5. The lowest BCUT2D eigenvalue weighted by atomic mass is 10.0. The smallest absolute Gasteiger partial charge is 0.0443 e. The Morgan fingerprint density at radius 1 is 0.481 bits per heavy atom. The molecule has 0 saturated carbocycles. The van der Waals surface area contributed by atoms with Gasteiger partial charge in [0.15, 0.2) is 0 Å². The molecule has 0 bridgehead atoms. The summed E-state index contributed by atoms with van der Waals surface area (Å²) in [6.45, 7) is 12.2. The van der Waals surface area contributed by atoms with Crippen LogP contribution in [0.25, 0.3) is 0 Å². The fourth-order valence-electron chi connectivity index (χ4n) is 3.67. The van der Waals surface area contributed by atoms with Crippen LogP contribution in [0, 0.1) is 0 Å². The number of halogens is 1. The minimum absolute atomic E-state index is 0. The van der Waals surface area contributed by atoms with Crippen LogP contribution in [-0.4, -0.2) is 21.2 Å². The minimum Gasteiger partial charge on any atom is -0.317 e. The molecule has 0 atom stereocenters. The molecule has 0 unspecified atom stereocenters. The van der Waals surface area contributed by atoms with Crippen molar-refractivity contribution in [3.05, 3.63) is 0 Å². The van der Waals surface area contributed by atoms with E-state index >= 15 is 0 Å². The van der Waals surface area contributed by atoms with Gasteiger partial charge in [-0.1, -0.05) is 129 Å². The van der Waals surface area contributed by atoms with Crippen LogP contribution in [0.4, 0.5) is 0 Å². The molecule has 0 aliphatic heterocycles. The predicted octanol–water partition coefficient (Wildman–Crippen LogP) is 8.99. The van der Waals surface area contributed by atoms with E-state index in [0.717, 1.165) is 0 Å². The Labute approximate surface area is 180 Å². The molecule has 0 aromatic heterocycles. The third-order valence-corrected chi connectivity index (χ3v) is 7.34. The Balaban J connectivity index is 0. The zero-order chi connectivity index (χ0) is 19.3. The van der Waals surface area contributed by atoms with Crippen molar-refractivity contribution < 1.29 is 0 Å². The molecule has 0 heterocycles. The van der Waals surface area contributed by atoms with Crippen molar-refractivity contribution in [2.24, 2.45) is 0 Å². The quantitative estimate of drug-likeness (QED) is 0.144. The first-order valence-electron chi connectivity index (χ1n) is 12.3. The van der Waals surface area contributed by atoms with E-state index in [0.29, 0.717) is 0 Å². The first-order chi connectivity index (χ1) is 12.6. The zero-order valence-electron chi connectivity index (χ0n) is 19.6. The molecule has 166 valence electrons. The van der Waals surface area contributed by atoms with Crippen LogP contribution in [0.15, 0.2) is 0 Å². The monoisotopic (exact) mass is 419 g/mol. The van der Waals surface area contributed by atoms with Gasteiger partial charge >= 0.3 is 0 Å². The second-order valence-corrected chi connectivity index (χ2v) is 15.3. The number of rotatable bonds is 21. The third kappa shape index (κ3) is 28.8. The van der Waals surface area contributed by atoms with Crippen LogP contribution in [0.5, 0.6) is 0 Å². The molecule has 1 nitrogen and oxygen atoms in total. The molecule has 3 heteroatoms. The fourth-order valence-corrected chi connectivity index (χ4v) is 4.90. The summed E-state index contributed by atoms with van der Waals surface area (Å²) in [4.78, 5) is 0. The summed E-state index contributed by atoms with van der Waals surface area (Å²) in [6.07, 6.45) is 24.7. The largest absolute Gasteiger partial charge is 0.317 e. The molecule has 0 saturated heterocycles. The average molecular weight is 420 g/mol. The van der Waals surface area contributed by atoms with Crippen LogP contribution in [-0.2, 0) is 0 Å². The highest BCUT2D eigenvalue weighted by Gasteiger charge is 2.11. The van der Waals surface area contributed by atoms with E-state index in [2.05, 4.69) is 31.9 Å². The summed E-state index contributed by atoms with van der Waals surface area (Å²) in [5, 5.41) is 3.63. The van der Waals surface area contributed by atoms with Crippen LogP contribution in [0.2, 0.25) is 25.7 Å². The Morgan fingerprint density at radius 2 is 0.815 bits per heavy atom. The van der Waals surface area contributed by atoms with Crippen molar-refractivity contribution in [3.63, 3.8) is 0 Å². The molecule has 0 rings (SSSR count). The Bertz CT molecular complexity index is 266. The van der Waals surface area contributed by atoms with Gasteiger partial charge in [-0.05, 0) is 25.9 Å². The van der Waals surface area contributed by atoms with Gasteiger partial charge in [-0.2, -0.15) is 0 Å². The van der Waals surface area contributed by atoms with E-state index in [1.54, 1.807) is 0 Å². The van der Waals surface area contributed by atoms with Gasteiger partial charge in [0.1, 0.15) is 0 Å². The number of nitrogens with one attached hydrogen (secondary N) is 1. The van der Waals surface area contributed by atoms with Gasteiger partial charge < -0.3 is 5.32 Å². The van der Waals surface area contributed by atoms with Crippen LogP contribution >= 0.6 is 12.4 Å². The van der Waals surface area contributed by atoms with Crippen molar-refractivity contribution in [2.45, 2.75) is 142 Å². The van der Waals surface area contributed by atoms with E-state index in [1.165, 1.54) is 128 Å². The number of hydrogen-bond acceptors (Lipinski definition) is 1. The first-order valence-corrected chi connectivity index (χ1v) is 16.0. The van der Waals surface area contributed by atoms with Crippen LogP contribution < -0.4 is 5.32 Å². The van der Waals surface area contributed by atoms with Gasteiger partial charge in [0.25, 0.3) is 0 Å². The summed E-state index contributed by atoms with van der Waals surface area (Å²) in [6, 6.07) is 1.47. The molecule has 1 N–H and O–H groups in total. The Morgan fingerprint density at radius 3 is 1.19 bits per heavy atom. The summed E-state index contributed by atoms with van der Waals surface area (Å²) in [5.41, 5.74) is 0. The third-order valence-electron chi connectivity index (χ3n) is 5.49. The van der Waals surface area contributed by atoms with Gasteiger partial charge in [0.2, 0.25) is 0 Å². The second-order valence-electron chi connectivity index (χ2n) is 9.72. The molecule has 0 spiro atoms. The van der Waals surface area contributed by atoms with Gasteiger partial charge in [-0.3, -0.25) is 0 Å². The summed E-state index contributed by atoms with van der Waals surface area (Å²) in [5.74, 6) is 0. The van der Waals surface area contributed by atoms with Gasteiger partial charge in [0, 0.05) is 8.07 Å². The average Bonchev–Trinajstić information content (AvgIpc) is 2.59. The topological polar surface area (TPSA) is 12.0 Å². The normalized spacial score (nSPS) is 11.6. The van der Waals surface area contributed by atoms with Gasteiger partial charge in [0.05, 0.1) is 0 Å². The van der Waals surface area contributed by atoms with E-state index in [4.69, 9.17) is 0 Å². The Hall–Kier alpha value is 0.467. The maximum atomic E-state index is 3.63. The second kappa shape index (κ2) is 22.8. The van der Waals surface area contributed by atoms with Gasteiger partial charge in [-0.25, -0.2) is 0 Å². The minimum atomic E-state index is -0.811. The van der Waals surface area contributed by atoms with E-state index in [9.17, 15) is 0 Å². The lowest BCUT2D eigenvalue weighted by Crippen LogP contribution is -2.23. The van der Waals surface area contributed by atoms with Crippen molar-refractivity contribution >= 4 is 20.5 Å². The summed E-state index contributed by atoms with van der Waals surface area (Å²) >= 11 is 0. The standard InChI is InChI=1S/C24H53NSi.ClH/c1-5-6-7-8-9-10-11-12-13-14-15-16-17-18-19-20-22-25-23-21-24-26(2,3)4;/h25H,5-24H2,1-4H3;1H. The fraction of sp³-hybridized carbons (Fsp3) is 1.00. The van der Waals surface area contributed by atoms with E-state index < -0.39 is 8.07 Å². The molecular weight excluding hydrogens is 366 g/mol. The maximum Gasteiger partial charge on any atom is 0.0443 e. The highest BCUT2D eigenvalue weighted by Crippen LogP contribution is 2.13. The first kappa shape index (κ1) is 29.7. The van der Waals surface area contributed by atoms with Crippen molar-refractivity contribution in [2.75, 3.05) is 13.1 Å². The van der Waals surface area contributed by atoms with Crippen molar-refractivity contribution in [1.82, 2.24) is 5.32 Å². The molecule has 0 amide bonds. The molecule has 0 radical (unpaired) electrons. The Kier molecular flexibility index (Phi) is 25.0. The predicted molar refractivity (Wildman–Crippen MR) is 132 cm³/mol.